The normalized spacial score (nSPS) is 8.33. The van der Waals surface area contributed by atoms with Gasteiger partial charge in [-0.25, -0.2) is 4.79 Å². The topological polar surface area (TPSA) is 50.1 Å². The predicted molar refractivity (Wildman–Crippen MR) is 55.0 cm³/mol. The zero-order valence-electron chi connectivity index (χ0n) is 8.50. The van der Waals surface area contributed by atoms with E-state index in [0.717, 1.165) is 5.56 Å². The smallest absolute Gasteiger partial charge is 0.339 e. The van der Waals surface area contributed by atoms with Crippen molar-refractivity contribution in [2.24, 2.45) is 0 Å². The van der Waals surface area contributed by atoms with Crippen LogP contribution >= 0.6 is 0 Å². The zero-order valence-corrected chi connectivity index (χ0v) is 8.50. The summed E-state index contributed by atoms with van der Waals surface area (Å²) in [5.74, 6) is 4.42. The van der Waals surface area contributed by atoms with Crippen molar-refractivity contribution < 1.29 is 9.53 Å². The fourth-order valence-electron chi connectivity index (χ4n) is 1.14. The fraction of sp³-hybridized carbons (Fsp3) is 0.167. The van der Waals surface area contributed by atoms with E-state index in [0.29, 0.717) is 11.1 Å². The van der Waals surface area contributed by atoms with E-state index in [1.54, 1.807) is 24.3 Å². The Balaban J connectivity index is 3.27. The average molecular weight is 199 g/mol. The molecular formula is C12H9NO2. The first kappa shape index (κ1) is 10.8. The van der Waals surface area contributed by atoms with Gasteiger partial charge < -0.3 is 4.74 Å². The van der Waals surface area contributed by atoms with Crippen LogP contribution in [-0.2, 0) is 4.74 Å². The molecule has 0 spiro atoms. The number of methoxy groups -OCH3 is 1. The van der Waals surface area contributed by atoms with Crippen LogP contribution in [0.5, 0.6) is 0 Å². The molecule has 0 atom stereocenters. The van der Waals surface area contributed by atoms with Crippen molar-refractivity contribution in [3.8, 4) is 17.9 Å². The lowest BCUT2D eigenvalue weighted by atomic mass is 10.1. The van der Waals surface area contributed by atoms with Gasteiger partial charge in [-0.3, -0.25) is 0 Å². The molecule has 1 aromatic rings. The number of carbonyl (C=O) groups is 1. The fourth-order valence-corrected chi connectivity index (χ4v) is 1.14. The molecule has 1 rings (SSSR count). The second-order valence-electron chi connectivity index (χ2n) is 2.90. The van der Waals surface area contributed by atoms with E-state index in [9.17, 15) is 4.79 Å². The summed E-state index contributed by atoms with van der Waals surface area (Å²) in [6.45, 7) is 1.89. The first-order chi connectivity index (χ1) is 7.19. The molecule has 0 saturated heterocycles. The molecule has 0 amide bonds. The third-order valence-corrected chi connectivity index (χ3v) is 1.83. The summed E-state index contributed by atoms with van der Waals surface area (Å²) in [5.41, 5.74) is 1.87. The second kappa shape index (κ2) is 4.83. The van der Waals surface area contributed by atoms with Crippen LogP contribution in [0.25, 0.3) is 0 Å². The molecule has 0 radical (unpaired) electrons. The van der Waals surface area contributed by atoms with Crippen molar-refractivity contribution in [2.75, 3.05) is 7.11 Å². The average Bonchev–Trinajstić information content (AvgIpc) is 2.25. The monoisotopic (exact) mass is 199 g/mol. The lowest BCUT2D eigenvalue weighted by Gasteiger charge is -2.02. The summed E-state index contributed by atoms with van der Waals surface area (Å²) in [7, 11) is 1.31. The zero-order chi connectivity index (χ0) is 11.3. The minimum atomic E-state index is -0.447. The highest BCUT2D eigenvalue weighted by molar-refractivity contribution is 5.92. The van der Waals surface area contributed by atoms with Gasteiger partial charge in [0.05, 0.1) is 12.7 Å². The van der Waals surface area contributed by atoms with E-state index in [1.807, 2.05) is 6.92 Å². The van der Waals surface area contributed by atoms with E-state index in [4.69, 9.17) is 5.26 Å². The number of hydrogen-bond acceptors (Lipinski definition) is 3. The van der Waals surface area contributed by atoms with Crippen molar-refractivity contribution in [3.63, 3.8) is 0 Å². The van der Waals surface area contributed by atoms with Gasteiger partial charge in [0.15, 0.2) is 6.07 Å². The highest BCUT2D eigenvalue weighted by Gasteiger charge is 2.09. The SMILES string of the molecule is COC(=O)c1ccc(C)cc1C#CC#N. The summed E-state index contributed by atoms with van der Waals surface area (Å²) in [4.78, 5) is 11.3. The van der Waals surface area contributed by atoms with Crippen LogP contribution < -0.4 is 0 Å². The molecule has 0 aliphatic rings. The van der Waals surface area contributed by atoms with Gasteiger partial charge in [-0.1, -0.05) is 6.07 Å². The molecule has 0 fully saturated rings. The van der Waals surface area contributed by atoms with Gasteiger partial charge in [-0.2, -0.15) is 5.26 Å². The van der Waals surface area contributed by atoms with Gasteiger partial charge in [-0.15, -0.1) is 0 Å². The van der Waals surface area contributed by atoms with E-state index >= 15 is 0 Å². The quantitative estimate of drug-likeness (QED) is 0.510. The predicted octanol–water partition coefficient (Wildman–Crippen LogP) is 1.66. The molecule has 0 heterocycles. The van der Waals surface area contributed by atoms with Crippen molar-refractivity contribution in [1.29, 1.82) is 5.26 Å². The molecule has 0 saturated carbocycles. The number of benzene rings is 1. The van der Waals surface area contributed by atoms with Gasteiger partial charge in [0, 0.05) is 11.5 Å². The second-order valence-corrected chi connectivity index (χ2v) is 2.90. The Morgan fingerprint density at radius 2 is 2.20 bits per heavy atom. The molecule has 0 bridgehead atoms. The summed E-state index contributed by atoms with van der Waals surface area (Å²) in [6, 6.07) is 6.89. The molecule has 0 aromatic heterocycles. The van der Waals surface area contributed by atoms with Gasteiger partial charge >= 0.3 is 5.97 Å². The van der Waals surface area contributed by atoms with E-state index in [-0.39, 0.29) is 0 Å². The van der Waals surface area contributed by atoms with Gasteiger partial charge in [-0.05, 0) is 30.5 Å². The van der Waals surface area contributed by atoms with Crippen molar-refractivity contribution in [3.05, 3.63) is 34.9 Å². The Bertz CT molecular complexity index is 487. The summed E-state index contributed by atoms with van der Waals surface area (Å²) >= 11 is 0. The molecule has 0 aliphatic heterocycles. The minimum Gasteiger partial charge on any atom is -0.465 e. The first-order valence-corrected chi connectivity index (χ1v) is 4.28. The summed E-state index contributed by atoms with van der Waals surface area (Å²) in [6.07, 6.45) is 0. The van der Waals surface area contributed by atoms with Crippen LogP contribution in [0.4, 0.5) is 0 Å². The maximum atomic E-state index is 11.3. The van der Waals surface area contributed by atoms with Gasteiger partial charge in [0.2, 0.25) is 0 Å². The molecule has 0 aliphatic carbocycles. The highest BCUT2D eigenvalue weighted by Crippen LogP contribution is 2.11. The number of hydrogen-bond donors (Lipinski definition) is 0. The molecule has 0 N–H and O–H groups in total. The Morgan fingerprint density at radius 1 is 1.47 bits per heavy atom. The van der Waals surface area contributed by atoms with Crippen LogP contribution in [0.3, 0.4) is 0 Å². The van der Waals surface area contributed by atoms with Crippen LogP contribution in [0, 0.1) is 30.1 Å². The molecule has 15 heavy (non-hydrogen) atoms. The Hall–Kier alpha value is -2.26. The number of esters is 1. The highest BCUT2D eigenvalue weighted by atomic mass is 16.5. The van der Waals surface area contributed by atoms with E-state index in [1.165, 1.54) is 7.11 Å². The van der Waals surface area contributed by atoms with Crippen LogP contribution in [0.2, 0.25) is 0 Å². The Kier molecular flexibility index (Phi) is 3.49. The number of rotatable bonds is 1. The number of nitrogens with zero attached hydrogens (tertiary/aromatic N) is 1. The van der Waals surface area contributed by atoms with Crippen molar-refractivity contribution >= 4 is 5.97 Å². The molecule has 1 aromatic carbocycles. The lowest BCUT2D eigenvalue weighted by molar-refractivity contribution is 0.0600. The largest absolute Gasteiger partial charge is 0.465 e. The van der Waals surface area contributed by atoms with Crippen LogP contribution in [0.15, 0.2) is 18.2 Å². The number of ether oxygens (including phenoxy) is 1. The molecule has 3 nitrogen and oxygen atoms in total. The van der Waals surface area contributed by atoms with Crippen molar-refractivity contribution in [2.45, 2.75) is 6.92 Å². The molecule has 0 unspecified atom stereocenters. The molecule has 3 heteroatoms. The van der Waals surface area contributed by atoms with Crippen molar-refractivity contribution in [1.82, 2.24) is 0 Å². The lowest BCUT2D eigenvalue weighted by Crippen LogP contribution is -2.04. The first-order valence-electron chi connectivity index (χ1n) is 4.28. The standard InChI is InChI=1S/C12H9NO2/c1-9-5-6-11(12(14)15-2)10(8-9)4-3-7-13/h5-6,8H,1-2H3. The maximum Gasteiger partial charge on any atom is 0.339 e. The Morgan fingerprint density at radius 3 is 2.80 bits per heavy atom. The molecular weight excluding hydrogens is 190 g/mol. The van der Waals surface area contributed by atoms with Crippen LogP contribution in [0.1, 0.15) is 21.5 Å². The summed E-state index contributed by atoms with van der Waals surface area (Å²) < 4.78 is 4.61. The Labute approximate surface area is 88.3 Å². The van der Waals surface area contributed by atoms with Gasteiger partial charge in [0.25, 0.3) is 0 Å². The van der Waals surface area contributed by atoms with Gasteiger partial charge in [0.1, 0.15) is 0 Å². The maximum absolute atomic E-state index is 11.3. The molecule has 74 valence electrons. The third-order valence-electron chi connectivity index (χ3n) is 1.83. The summed E-state index contributed by atoms with van der Waals surface area (Å²) in [5, 5.41) is 8.34. The number of nitriles is 1. The third kappa shape index (κ3) is 2.59. The number of aryl methyl sites for hydroxylation is 1. The minimum absolute atomic E-state index is 0.380. The van der Waals surface area contributed by atoms with Crippen LogP contribution in [-0.4, -0.2) is 13.1 Å². The van der Waals surface area contributed by atoms with E-state index < -0.39 is 5.97 Å². The van der Waals surface area contributed by atoms with E-state index in [2.05, 4.69) is 16.6 Å². The number of carbonyl (C=O) groups excluding carboxylic acids is 1.